The van der Waals surface area contributed by atoms with E-state index in [1.165, 1.54) is 11.8 Å². The molecule has 0 spiro atoms. The molecule has 0 aliphatic carbocycles. The van der Waals surface area contributed by atoms with Crippen molar-refractivity contribution in [3.05, 3.63) is 29.8 Å². The van der Waals surface area contributed by atoms with Crippen LogP contribution in [-0.4, -0.2) is 30.2 Å². The minimum Gasteiger partial charge on any atom is -0.301 e. The van der Waals surface area contributed by atoms with Gasteiger partial charge in [0.25, 0.3) is 0 Å². The van der Waals surface area contributed by atoms with Gasteiger partial charge in [-0.05, 0) is 17.9 Å². The maximum absolute atomic E-state index is 11.9. The van der Waals surface area contributed by atoms with Crippen molar-refractivity contribution in [2.75, 3.05) is 16.9 Å². The number of fused-ring (bicyclic) bond motifs is 1. The lowest BCUT2D eigenvalue weighted by atomic mass is 10.1. The molecule has 0 aromatic heterocycles. The number of amides is 1. The fraction of sp³-hybridized carbons (Fsp3) is 0.333. The second kappa shape index (κ2) is 4.70. The van der Waals surface area contributed by atoms with E-state index in [4.69, 9.17) is 0 Å². The molecule has 1 aliphatic heterocycles. The Morgan fingerprint density at radius 2 is 2.31 bits per heavy atom. The second-order valence-electron chi connectivity index (χ2n) is 3.73. The normalized spacial score (nSPS) is 18.3. The van der Waals surface area contributed by atoms with E-state index in [0.717, 1.165) is 17.5 Å². The van der Waals surface area contributed by atoms with E-state index in [9.17, 15) is 9.59 Å². The summed E-state index contributed by atoms with van der Waals surface area (Å²) < 4.78 is 0. The Labute approximate surface area is 98.8 Å². The van der Waals surface area contributed by atoms with Crippen molar-refractivity contribution in [1.29, 1.82) is 0 Å². The Morgan fingerprint density at radius 3 is 3.00 bits per heavy atom. The summed E-state index contributed by atoms with van der Waals surface area (Å²) in [5, 5.41) is 0. The summed E-state index contributed by atoms with van der Waals surface area (Å²) in [5.41, 5.74) is 1.97. The van der Waals surface area contributed by atoms with Crippen LogP contribution < -0.4 is 4.90 Å². The van der Waals surface area contributed by atoms with Crippen LogP contribution in [0, 0.1) is 0 Å². The van der Waals surface area contributed by atoms with Crippen LogP contribution in [0.1, 0.15) is 5.56 Å². The first-order valence-electron chi connectivity index (χ1n) is 5.12. The van der Waals surface area contributed by atoms with Gasteiger partial charge in [-0.1, -0.05) is 18.2 Å². The fourth-order valence-electron chi connectivity index (χ4n) is 2.03. The van der Waals surface area contributed by atoms with E-state index in [1.54, 1.807) is 4.90 Å². The molecule has 1 aromatic rings. The summed E-state index contributed by atoms with van der Waals surface area (Å²) in [5.74, 6) is 0.424. The number of aldehydes is 1. The maximum Gasteiger partial charge on any atom is 0.237 e. The van der Waals surface area contributed by atoms with Crippen LogP contribution >= 0.6 is 11.8 Å². The summed E-state index contributed by atoms with van der Waals surface area (Å²) in [6, 6.07) is 7.38. The lowest BCUT2D eigenvalue weighted by molar-refractivity contribution is -0.118. The van der Waals surface area contributed by atoms with E-state index in [1.807, 2.05) is 30.5 Å². The van der Waals surface area contributed by atoms with E-state index >= 15 is 0 Å². The van der Waals surface area contributed by atoms with Crippen molar-refractivity contribution in [2.24, 2.45) is 0 Å². The zero-order chi connectivity index (χ0) is 11.5. The predicted molar refractivity (Wildman–Crippen MR) is 65.9 cm³/mol. The quantitative estimate of drug-likeness (QED) is 0.745. The van der Waals surface area contributed by atoms with Crippen LogP contribution in [0.25, 0.3) is 0 Å². The molecule has 0 fully saturated rings. The van der Waals surface area contributed by atoms with Crippen LogP contribution in [0.4, 0.5) is 5.69 Å². The molecular weight excluding hydrogens is 222 g/mol. The largest absolute Gasteiger partial charge is 0.301 e. The number of hydrogen-bond donors (Lipinski definition) is 0. The first kappa shape index (κ1) is 11.2. The lowest BCUT2D eigenvalue weighted by Gasteiger charge is -2.21. The van der Waals surface area contributed by atoms with Crippen LogP contribution in [0.5, 0.6) is 0 Å². The van der Waals surface area contributed by atoms with Gasteiger partial charge in [-0.2, -0.15) is 11.8 Å². The van der Waals surface area contributed by atoms with E-state index in [2.05, 4.69) is 0 Å². The van der Waals surface area contributed by atoms with Crippen molar-refractivity contribution in [2.45, 2.75) is 12.5 Å². The van der Waals surface area contributed by atoms with Crippen molar-refractivity contribution in [1.82, 2.24) is 0 Å². The van der Waals surface area contributed by atoms with Gasteiger partial charge in [-0.15, -0.1) is 0 Å². The zero-order valence-electron chi connectivity index (χ0n) is 9.05. The van der Waals surface area contributed by atoms with E-state index in [-0.39, 0.29) is 11.9 Å². The number of nitrogens with zero attached hydrogens (tertiary/aromatic N) is 1. The van der Waals surface area contributed by atoms with Gasteiger partial charge >= 0.3 is 0 Å². The van der Waals surface area contributed by atoms with E-state index in [0.29, 0.717) is 12.2 Å². The minimum absolute atomic E-state index is 0.00884. The molecule has 0 bridgehead atoms. The van der Waals surface area contributed by atoms with Crippen molar-refractivity contribution in [3.8, 4) is 0 Å². The molecule has 2 rings (SSSR count). The molecule has 1 heterocycles. The van der Waals surface area contributed by atoms with Gasteiger partial charge in [0.2, 0.25) is 5.91 Å². The van der Waals surface area contributed by atoms with Gasteiger partial charge in [0.05, 0.1) is 11.8 Å². The van der Waals surface area contributed by atoms with Gasteiger partial charge in [-0.3, -0.25) is 4.79 Å². The van der Waals surface area contributed by atoms with Gasteiger partial charge in [0.15, 0.2) is 0 Å². The van der Waals surface area contributed by atoms with Crippen molar-refractivity contribution in [3.63, 3.8) is 0 Å². The Balaban J connectivity index is 2.34. The summed E-state index contributed by atoms with van der Waals surface area (Å²) in [6.45, 7) is 0. The number of carbonyl (C=O) groups is 2. The van der Waals surface area contributed by atoms with Gasteiger partial charge in [-0.25, -0.2) is 0 Å². The highest BCUT2D eigenvalue weighted by Gasteiger charge is 2.32. The van der Waals surface area contributed by atoms with Crippen LogP contribution in [0.3, 0.4) is 0 Å². The van der Waals surface area contributed by atoms with Crippen LogP contribution in [-0.2, 0) is 16.0 Å². The maximum atomic E-state index is 11.9. The molecule has 1 amide bonds. The Bertz CT molecular complexity index is 419. The standard InChI is InChI=1S/C12H13NO2S/c1-16-8-12(15)13-10(7-14)6-9-4-2-3-5-11(9)13/h2-5,7,10H,6,8H2,1H3/t10-/m0/s1. The zero-order valence-corrected chi connectivity index (χ0v) is 9.87. The second-order valence-corrected chi connectivity index (χ2v) is 4.60. The minimum atomic E-state index is -0.322. The molecule has 16 heavy (non-hydrogen) atoms. The fourth-order valence-corrected chi connectivity index (χ4v) is 2.42. The van der Waals surface area contributed by atoms with E-state index < -0.39 is 0 Å². The lowest BCUT2D eigenvalue weighted by Crippen LogP contribution is -2.39. The average molecular weight is 235 g/mol. The van der Waals surface area contributed by atoms with Gasteiger partial charge < -0.3 is 9.69 Å². The highest BCUT2D eigenvalue weighted by atomic mass is 32.2. The predicted octanol–water partition coefficient (Wildman–Crippen LogP) is 1.51. The Kier molecular flexibility index (Phi) is 3.29. The third-order valence-electron chi connectivity index (χ3n) is 2.71. The highest BCUT2D eigenvalue weighted by molar-refractivity contribution is 7.99. The molecule has 3 nitrogen and oxygen atoms in total. The number of para-hydroxylation sites is 1. The molecule has 1 aromatic carbocycles. The first-order valence-corrected chi connectivity index (χ1v) is 6.51. The third kappa shape index (κ3) is 1.85. The number of thioether (sulfide) groups is 1. The molecule has 84 valence electrons. The first-order chi connectivity index (χ1) is 7.77. The van der Waals surface area contributed by atoms with Crippen molar-refractivity contribution >= 4 is 29.6 Å². The van der Waals surface area contributed by atoms with Crippen LogP contribution in [0.2, 0.25) is 0 Å². The molecule has 0 saturated heterocycles. The third-order valence-corrected chi connectivity index (χ3v) is 3.24. The topological polar surface area (TPSA) is 37.4 Å². The number of carbonyl (C=O) groups excluding carboxylic acids is 2. The number of benzene rings is 1. The molecule has 0 saturated carbocycles. The molecule has 1 atom stereocenters. The van der Waals surface area contributed by atoms with Gasteiger partial charge in [0, 0.05) is 12.1 Å². The number of anilines is 1. The average Bonchev–Trinajstić information content (AvgIpc) is 2.67. The summed E-state index contributed by atoms with van der Waals surface area (Å²) >= 11 is 1.48. The summed E-state index contributed by atoms with van der Waals surface area (Å²) in [6.07, 6.45) is 3.38. The summed E-state index contributed by atoms with van der Waals surface area (Å²) in [4.78, 5) is 24.5. The Hall–Kier alpha value is -1.29. The molecule has 1 aliphatic rings. The monoisotopic (exact) mass is 235 g/mol. The van der Waals surface area contributed by atoms with Crippen LogP contribution in [0.15, 0.2) is 24.3 Å². The number of rotatable bonds is 3. The van der Waals surface area contributed by atoms with Crippen molar-refractivity contribution < 1.29 is 9.59 Å². The molecule has 0 unspecified atom stereocenters. The molecule has 0 N–H and O–H groups in total. The molecule has 4 heteroatoms. The smallest absolute Gasteiger partial charge is 0.237 e. The molecular formula is C12H13NO2S. The SMILES string of the molecule is CSCC(=O)N1c2ccccc2C[C@H]1C=O. The van der Waals surface area contributed by atoms with Gasteiger partial charge in [0.1, 0.15) is 6.29 Å². The Morgan fingerprint density at radius 1 is 1.56 bits per heavy atom. The highest BCUT2D eigenvalue weighted by Crippen LogP contribution is 2.31. The summed E-state index contributed by atoms with van der Waals surface area (Å²) in [7, 11) is 0. The molecule has 0 radical (unpaired) electrons. The number of hydrogen-bond acceptors (Lipinski definition) is 3.